The lowest BCUT2D eigenvalue weighted by Crippen LogP contribution is -2.19. The van der Waals surface area contributed by atoms with Crippen molar-refractivity contribution < 1.29 is 14.3 Å². The number of anilines is 1. The fourth-order valence-electron chi connectivity index (χ4n) is 3.31. The third-order valence-electron chi connectivity index (χ3n) is 5.05. The number of benzene rings is 2. The smallest absolute Gasteiger partial charge is 0.314 e. The lowest BCUT2D eigenvalue weighted by molar-refractivity contribution is -0.140. The predicted octanol–water partition coefficient (Wildman–Crippen LogP) is 5.38. The fraction of sp³-hybridized carbons (Fsp3) is 0.190. The van der Waals surface area contributed by atoms with Crippen LogP contribution in [0.15, 0.2) is 54.6 Å². The highest BCUT2D eigenvalue weighted by Crippen LogP contribution is 2.48. The first-order chi connectivity index (χ1) is 12.5. The van der Waals surface area contributed by atoms with Crippen molar-refractivity contribution in [1.82, 2.24) is 0 Å². The normalized spacial score (nSPS) is 14.8. The molecule has 1 fully saturated rings. The van der Waals surface area contributed by atoms with Crippen LogP contribution in [0.1, 0.15) is 18.4 Å². The van der Waals surface area contributed by atoms with Gasteiger partial charge in [-0.15, -0.1) is 11.3 Å². The molecule has 0 atom stereocenters. The quantitative estimate of drug-likeness (QED) is 0.636. The van der Waals surface area contributed by atoms with Crippen LogP contribution in [0.2, 0.25) is 0 Å². The van der Waals surface area contributed by atoms with Gasteiger partial charge in [0.25, 0.3) is 0 Å². The van der Waals surface area contributed by atoms with Gasteiger partial charge in [-0.05, 0) is 35.1 Å². The molecule has 1 aliphatic rings. The Hall–Kier alpha value is -2.66. The summed E-state index contributed by atoms with van der Waals surface area (Å²) in [6, 6.07) is 17.2. The van der Waals surface area contributed by atoms with E-state index in [1.807, 2.05) is 48.5 Å². The van der Waals surface area contributed by atoms with Gasteiger partial charge in [0.2, 0.25) is 0 Å². The number of carboxylic acid groups (broad SMARTS) is 1. The van der Waals surface area contributed by atoms with Crippen LogP contribution >= 0.6 is 11.3 Å². The number of carboxylic acids is 1. The Morgan fingerprint density at radius 2 is 1.58 bits per heavy atom. The van der Waals surface area contributed by atoms with Crippen LogP contribution in [0, 0.1) is 5.13 Å². The summed E-state index contributed by atoms with van der Waals surface area (Å²) < 4.78 is 13.5. The summed E-state index contributed by atoms with van der Waals surface area (Å²) in [6.07, 6.45) is 1.42. The number of rotatable bonds is 5. The van der Waals surface area contributed by atoms with Crippen molar-refractivity contribution in [2.45, 2.75) is 18.3 Å². The molecule has 132 valence electrons. The van der Waals surface area contributed by atoms with Crippen LogP contribution in [0.25, 0.3) is 21.6 Å². The van der Waals surface area contributed by atoms with Gasteiger partial charge < -0.3 is 10.4 Å². The highest BCUT2D eigenvalue weighted by Gasteiger charge is 2.51. The highest BCUT2D eigenvalue weighted by molar-refractivity contribution is 7.14. The first-order valence-electron chi connectivity index (χ1n) is 8.45. The summed E-state index contributed by atoms with van der Waals surface area (Å²) in [7, 11) is 1.78. The van der Waals surface area contributed by atoms with E-state index in [-0.39, 0.29) is 5.13 Å². The van der Waals surface area contributed by atoms with Crippen molar-refractivity contribution in [2.75, 3.05) is 12.4 Å². The zero-order chi connectivity index (χ0) is 18.3. The van der Waals surface area contributed by atoms with Crippen molar-refractivity contribution in [3.8, 4) is 21.6 Å². The van der Waals surface area contributed by atoms with Crippen LogP contribution in [0.3, 0.4) is 0 Å². The Morgan fingerprint density at radius 1 is 1.04 bits per heavy atom. The highest BCUT2D eigenvalue weighted by atomic mass is 32.1. The second-order valence-electron chi connectivity index (χ2n) is 6.59. The molecule has 0 amide bonds. The van der Waals surface area contributed by atoms with Gasteiger partial charge in [-0.2, -0.15) is 4.39 Å². The lowest BCUT2D eigenvalue weighted by Gasteiger charge is -2.11. The van der Waals surface area contributed by atoms with E-state index < -0.39 is 11.4 Å². The molecule has 0 unspecified atom stereocenters. The molecule has 3 nitrogen and oxygen atoms in total. The molecule has 0 bridgehead atoms. The van der Waals surface area contributed by atoms with Gasteiger partial charge >= 0.3 is 5.97 Å². The van der Waals surface area contributed by atoms with Crippen LogP contribution in [-0.4, -0.2) is 18.1 Å². The van der Waals surface area contributed by atoms with Crippen molar-refractivity contribution in [3.63, 3.8) is 0 Å². The van der Waals surface area contributed by atoms with E-state index in [2.05, 4.69) is 5.32 Å². The zero-order valence-corrected chi connectivity index (χ0v) is 15.1. The number of thiophene rings is 1. The van der Waals surface area contributed by atoms with Crippen LogP contribution in [-0.2, 0) is 10.2 Å². The van der Waals surface area contributed by atoms with E-state index in [0.717, 1.165) is 44.2 Å². The summed E-state index contributed by atoms with van der Waals surface area (Å²) >= 11 is 1.12. The van der Waals surface area contributed by atoms with Gasteiger partial charge in [-0.1, -0.05) is 48.5 Å². The Labute approximate surface area is 155 Å². The summed E-state index contributed by atoms with van der Waals surface area (Å²) in [5.41, 5.74) is 4.03. The van der Waals surface area contributed by atoms with Gasteiger partial charge in [0.1, 0.15) is 0 Å². The average Bonchev–Trinajstić information content (AvgIpc) is 3.39. The predicted molar refractivity (Wildman–Crippen MR) is 103 cm³/mol. The molecule has 0 radical (unpaired) electrons. The van der Waals surface area contributed by atoms with E-state index in [0.29, 0.717) is 12.8 Å². The average molecular weight is 367 g/mol. The minimum Gasteiger partial charge on any atom is -0.481 e. The van der Waals surface area contributed by atoms with E-state index in [4.69, 9.17) is 0 Å². The summed E-state index contributed by atoms with van der Waals surface area (Å²) in [6.45, 7) is 0. The molecule has 0 aliphatic heterocycles. The third kappa shape index (κ3) is 2.78. The Morgan fingerprint density at radius 3 is 2.08 bits per heavy atom. The molecule has 5 heteroatoms. The van der Waals surface area contributed by atoms with Gasteiger partial charge in [0, 0.05) is 13.1 Å². The van der Waals surface area contributed by atoms with Gasteiger partial charge in [0.05, 0.1) is 16.0 Å². The molecule has 0 saturated heterocycles. The molecule has 1 saturated carbocycles. The topological polar surface area (TPSA) is 49.3 Å². The van der Waals surface area contributed by atoms with E-state index in [9.17, 15) is 14.3 Å². The Balaban J connectivity index is 1.60. The maximum absolute atomic E-state index is 13.5. The Bertz CT molecular complexity index is 957. The first-order valence-corrected chi connectivity index (χ1v) is 9.27. The van der Waals surface area contributed by atoms with Crippen LogP contribution < -0.4 is 5.32 Å². The molecule has 0 spiro atoms. The van der Waals surface area contributed by atoms with Gasteiger partial charge in [-0.3, -0.25) is 4.79 Å². The van der Waals surface area contributed by atoms with E-state index in [1.165, 1.54) is 6.07 Å². The molecular formula is C21H18FNO2S. The van der Waals surface area contributed by atoms with Crippen LogP contribution in [0.5, 0.6) is 0 Å². The molecule has 26 heavy (non-hydrogen) atoms. The fourth-order valence-corrected chi connectivity index (χ4v) is 4.20. The second-order valence-corrected chi connectivity index (χ2v) is 7.59. The van der Waals surface area contributed by atoms with Gasteiger partial charge in [-0.25, -0.2) is 0 Å². The van der Waals surface area contributed by atoms with Crippen molar-refractivity contribution in [3.05, 3.63) is 65.3 Å². The third-order valence-corrected chi connectivity index (χ3v) is 6.02. The number of carbonyl (C=O) groups is 1. The lowest BCUT2D eigenvalue weighted by atomic mass is 9.93. The Kier molecular flexibility index (Phi) is 4.04. The monoisotopic (exact) mass is 367 g/mol. The zero-order valence-electron chi connectivity index (χ0n) is 14.3. The first kappa shape index (κ1) is 16.8. The summed E-state index contributed by atoms with van der Waals surface area (Å²) in [4.78, 5) is 12.3. The van der Waals surface area contributed by atoms with Crippen LogP contribution in [0.4, 0.5) is 10.1 Å². The number of aliphatic carboxylic acids is 1. The number of hydrogen-bond acceptors (Lipinski definition) is 3. The van der Waals surface area contributed by atoms with Crippen molar-refractivity contribution in [2.24, 2.45) is 0 Å². The van der Waals surface area contributed by atoms with Crippen molar-refractivity contribution in [1.29, 1.82) is 0 Å². The van der Waals surface area contributed by atoms with E-state index in [1.54, 1.807) is 7.05 Å². The molecule has 1 aliphatic carbocycles. The molecule has 3 aromatic rings. The number of halogens is 1. The minimum atomic E-state index is -0.738. The molecule has 1 heterocycles. The molecule has 4 rings (SSSR count). The minimum absolute atomic E-state index is 0.212. The SMILES string of the molecule is CNc1cc(F)sc1-c1ccc(-c2ccc(C3(C(=O)O)CC3)cc2)cc1. The van der Waals surface area contributed by atoms with Gasteiger partial charge in [0.15, 0.2) is 5.13 Å². The molecule has 2 N–H and O–H groups in total. The molecular weight excluding hydrogens is 349 g/mol. The molecule has 1 aromatic heterocycles. The van der Waals surface area contributed by atoms with Crippen molar-refractivity contribution >= 4 is 23.0 Å². The molecule has 2 aromatic carbocycles. The number of hydrogen-bond donors (Lipinski definition) is 2. The summed E-state index contributed by atoms with van der Waals surface area (Å²) in [5.74, 6) is -0.738. The number of nitrogens with one attached hydrogen (secondary N) is 1. The largest absolute Gasteiger partial charge is 0.481 e. The summed E-state index contributed by atoms with van der Waals surface area (Å²) in [5, 5.41) is 12.2. The second kappa shape index (κ2) is 6.25. The van der Waals surface area contributed by atoms with E-state index >= 15 is 0 Å². The maximum Gasteiger partial charge on any atom is 0.314 e. The maximum atomic E-state index is 13.5. The standard InChI is InChI=1S/C21H18FNO2S/c1-23-17-12-18(22)26-19(17)15-4-2-13(3-5-15)14-6-8-16(9-7-14)21(10-11-21)20(24)25/h2-9,12,23H,10-11H2,1H3,(H,24,25).